The van der Waals surface area contributed by atoms with Gasteiger partial charge in [-0.05, 0) is 35.7 Å². The summed E-state index contributed by atoms with van der Waals surface area (Å²) in [5.74, 6) is -2.74. The molecule has 6 heteroatoms. The lowest BCUT2D eigenvalue weighted by atomic mass is 10.0. The number of nitrogens with zero attached hydrogens (tertiary/aromatic N) is 1. The molecular weight excluding hydrogens is 314 g/mol. The monoisotopic (exact) mass is 332 g/mol. The zero-order valence-electron chi connectivity index (χ0n) is 13.2. The Bertz CT molecular complexity index is 759. The molecule has 1 aliphatic heterocycles. The summed E-state index contributed by atoms with van der Waals surface area (Å²) in [7, 11) is 2.01. The number of carbonyl (C=O) groups excluding carboxylic acids is 1. The van der Waals surface area contributed by atoms with E-state index in [0.717, 1.165) is 36.3 Å². The third kappa shape index (κ3) is 3.10. The second-order valence-electron chi connectivity index (χ2n) is 5.88. The number of aliphatic hydroxyl groups excluding tert-OH is 1. The van der Waals surface area contributed by atoms with Crippen molar-refractivity contribution >= 4 is 11.6 Å². The molecule has 1 atom stereocenters. The molecule has 4 nitrogen and oxygen atoms in total. The van der Waals surface area contributed by atoms with Gasteiger partial charge in [0, 0.05) is 25.8 Å². The molecule has 0 bridgehead atoms. The Morgan fingerprint density at radius 2 is 2.00 bits per heavy atom. The van der Waals surface area contributed by atoms with Crippen LogP contribution in [-0.2, 0) is 6.42 Å². The van der Waals surface area contributed by atoms with Crippen LogP contribution >= 0.6 is 0 Å². The SMILES string of the molecule is CN1CCc2cc([C@@H](O)CNC(=O)c3c(F)cccc3F)ccc21. The molecule has 0 unspecified atom stereocenters. The van der Waals surface area contributed by atoms with Crippen molar-refractivity contribution in [2.24, 2.45) is 0 Å². The van der Waals surface area contributed by atoms with Crippen molar-refractivity contribution < 1.29 is 18.7 Å². The predicted molar refractivity (Wildman–Crippen MR) is 87.1 cm³/mol. The highest BCUT2D eigenvalue weighted by Crippen LogP contribution is 2.29. The summed E-state index contributed by atoms with van der Waals surface area (Å²) in [6.07, 6.45) is -0.0425. The van der Waals surface area contributed by atoms with Gasteiger partial charge in [-0.1, -0.05) is 18.2 Å². The second kappa shape index (κ2) is 6.57. The third-order valence-electron chi connectivity index (χ3n) is 4.26. The van der Waals surface area contributed by atoms with Crippen LogP contribution in [0.15, 0.2) is 36.4 Å². The maximum absolute atomic E-state index is 13.6. The van der Waals surface area contributed by atoms with Crippen molar-refractivity contribution in [1.82, 2.24) is 5.32 Å². The molecule has 3 rings (SSSR count). The smallest absolute Gasteiger partial charge is 0.257 e. The number of aliphatic hydroxyl groups is 1. The molecule has 2 N–H and O–H groups in total. The maximum Gasteiger partial charge on any atom is 0.257 e. The highest BCUT2D eigenvalue weighted by molar-refractivity contribution is 5.94. The first kappa shape index (κ1) is 16.4. The van der Waals surface area contributed by atoms with Crippen molar-refractivity contribution in [3.05, 3.63) is 64.7 Å². The number of carbonyl (C=O) groups is 1. The summed E-state index contributed by atoms with van der Waals surface area (Å²) in [6.45, 7) is 0.805. The van der Waals surface area contributed by atoms with Crippen LogP contribution in [0.4, 0.5) is 14.5 Å². The van der Waals surface area contributed by atoms with Gasteiger partial charge in [0.25, 0.3) is 5.91 Å². The number of hydrogen-bond acceptors (Lipinski definition) is 3. The van der Waals surface area contributed by atoms with Crippen molar-refractivity contribution in [2.75, 3.05) is 25.0 Å². The van der Waals surface area contributed by atoms with Crippen LogP contribution in [0.5, 0.6) is 0 Å². The quantitative estimate of drug-likeness (QED) is 0.904. The Hall–Kier alpha value is -2.47. The summed E-state index contributed by atoms with van der Waals surface area (Å²) >= 11 is 0. The first-order valence-corrected chi connectivity index (χ1v) is 7.71. The van der Waals surface area contributed by atoms with E-state index in [0.29, 0.717) is 5.56 Å². The van der Waals surface area contributed by atoms with E-state index >= 15 is 0 Å². The molecule has 0 radical (unpaired) electrons. The Kier molecular flexibility index (Phi) is 4.49. The Morgan fingerprint density at radius 3 is 2.71 bits per heavy atom. The fourth-order valence-corrected chi connectivity index (χ4v) is 2.90. The van der Waals surface area contributed by atoms with Gasteiger partial charge in [-0.3, -0.25) is 4.79 Å². The number of halogens is 2. The molecule has 0 saturated carbocycles. The number of hydrogen-bond donors (Lipinski definition) is 2. The van der Waals surface area contributed by atoms with Crippen molar-refractivity contribution in [1.29, 1.82) is 0 Å². The molecule has 1 heterocycles. The minimum Gasteiger partial charge on any atom is -0.387 e. The minimum absolute atomic E-state index is 0.124. The zero-order valence-corrected chi connectivity index (χ0v) is 13.2. The first-order valence-electron chi connectivity index (χ1n) is 7.71. The molecule has 0 aromatic heterocycles. The van der Waals surface area contributed by atoms with E-state index in [-0.39, 0.29) is 6.54 Å². The molecule has 0 spiro atoms. The van der Waals surface area contributed by atoms with Gasteiger partial charge in [0.1, 0.15) is 17.2 Å². The molecule has 2 aromatic carbocycles. The molecule has 1 aliphatic rings. The van der Waals surface area contributed by atoms with Crippen LogP contribution in [-0.4, -0.2) is 31.2 Å². The van der Waals surface area contributed by atoms with Gasteiger partial charge in [-0.25, -0.2) is 8.78 Å². The lowest BCUT2D eigenvalue weighted by Gasteiger charge is -2.16. The molecular formula is C18H18F2N2O2. The predicted octanol–water partition coefficient (Wildman–Crippen LogP) is 2.42. The molecule has 0 fully saturated rings. The van der Waals surface area contributed by atoms with Gasteiger partial charge < -0.3 is 15.3 Å². The zero-order chi connectivity index (χ0) is 17.3. The fraction of sp³-hybridized carbons (Fsp3) is 0.278. The summed E-state index contributed by atoms with van der Waals surface area (Å²) in [4.78, 5) is 14.1. The van der Waals surface area contributed by atoms with Crippen LogP contribution in [0.3, 0.4) is 0 Å². The van der Waals surface area contributed by atoms with Crippen LogP contribution in [0.25, 0.3) is 0 Å². The number of rotatable bonds is 4. The standard InChI is InChI=1S/C18H18F2N2O2/c1-22-8-7-11-9-12(5-6-15(11)22)16(23)10-21-18(24)17-13(19)3-2-4-14(17)20/h2-6,9,16,23H,7-8,10H2,1H3,(H,21,24)/t16-/m0/s1. The Morgan fingerprint density at radius 1 is 1.29 bits per heavy atom. The molecule has 24 heavy (non-hydrogen) atoms. The lowest BCUT2D eigenvalue weighted by molar-refractivity contribution is 0.0908. The highest BCUT2D eigenvalue weighted by Gasteiger charge is 2.20. The number of anilines is 1. The Balaban J connectivity index is 1.68. The minimum atomic E-state index is -0.944. The van der Waals surface area contributed by atoms with Gasteiger partial charge in [0.2, 0.25) is 0 Å². The van der Waals surface area contributed by atoms with E-state index in [2.05, 4.69) is 10.2 Å². The molecule has 1 amide bonds. The number of benzene rings is 2. The van der Waals surface area contributed by atoms with Crippen LogP contribution in [0.1, 0.15) is 27.6 Å². The number of amides is 1. The molecule has 2 aromatic rings. The van der Waals surface area contributed by atoms with Gasteiger partial charge in [0.05, 0.1) is 6.10 Å². The van der Waals surface area contributed by atoms with Gasteiger partial charge in [0.15, 0.2) is 0 Å². The third-order valence-corrected chi connectivity index (χ3v) is 4.26. The van der Waals surface area contributed by atoms with E-state index in [1.165, 1.54) is 6.07 Å². The average molecular weight is 332 g/mol. The highest BCUT2D eigenvalue weighted by atomic mass is 19.1. The number of likely N-dealkylation sites (N-methyl/N-ethyl adjacent to an activating group) is 1. The molecule has 0 aliphatic carbocycles. The normalized spacial score (nSPS) is 14.4. The summed E-state index contributed by atoms with van der Waals surface area (Å²) in [5, 5.41) is 12.6. The van der Waals surface area contributed by atoms with Gasteiger partial charge >= 0.3 is 0 Å². The van der Waals surface area contributed by atoms with Crippen molar-refractivity contribution in [3.63, 3.8) is 0 Å². The van der Waals surface area contributed by atoms with Crippen LogP contribution < -0.4 is 10.2 Å². The van der Waals surface area contributed by atoms with E-state index in [9.17, 15) is 18.7 Å². The summed E-state index contributed by atoms with van der Waals surface area (Å²) in [6, 6.07) is 8.86. The van der Waals surface area contributed by atoms with E-state index in [1.54, 1.807) is 6.07 Å². The average Bonchev–Trinajstić information content (AvgIpc) is 2.93. The molecule has 0 saturated heterocycles. The van der Waals surface area contributed by atoms with Crippen LogP contribution in [0, 0.1) is 11.6 Å². The maximum atomic E-state index is 13.6. The van der Waals surface area contributed by atoms with Crippen molar-refractivity contribution in [3.8, 4) is 0 Å². The fourth-order valence-electron chi connectivity index (χ4n) is 2.90. The van der Waals surface area contributed by atoms with Gasteiger partial charge in [-0.2, -0.15) is 0 Å². The van der Waals surface area contributed by atoms with Crippen LogP contribution in [0.2, 0.25) is 0 Å². The lowest BCUT2D eigenvalue weighted by Crippen LogP contribution is -2.29. The largest absolute Gasteiger partial charge is 0.387 e. The summed E-state index contributed by atoms with van der Waals surface area (Å²) < 4.78 is 27.1. The summed E-state index contributed by atoms with van der Waals surface area (Å²) in [5.41, 5.74) is 2.29. The van der Waals surface area contributed by atoms with Crippen molar-refractivity contribution in [2.45, 2.75) is 12.5 Å². The topological polar surface area (TPSA) is 52.6 Å². The van der Waals surface area contributed by atoms with E-state index in [4.69, 9.17) is 0 Å². The van der Waals surface area contributed by atoms with Gasteiger partial charge in [-0.15, -0.1) is 0 Å². The Labute approximate surface area is 138 Å². The van der Waals surface area contributed by atoms with E-state index in [1.807, 2.05) is 19.2 Å². The second-order valence-corrected chi connectivity index (χ2v) is 5.88. The molecule has 126 valence electrons. The number of nitrogens with one attached hydrogen (secondary N) is 1. The first-order chi connectivity index (χ1) is 11.5. The number of fused-ring (bicyclic) bond motifs is 1. The van der Waals surface area contributed by atoms with E-state index < -0.39 is 29.2 Å².